The fraction of sp³-hybridized carbons (Fsp3) is 0.389. The third kappa shape index (κ3) is 4.17. The number of carbonyl (C=O) groups excluding carboxylic acids is 1. The van der Waals surface area contributed by atoms with Crippen LogP contribution in [0.15, 0.2) is 34.9 Å². The Morgan fingerprint density at radius 3 is 2.84 bits per heavy atom. The molecule has 0 radical (unpaired) electrons. The van der Waals surface area contributed by atoms with Gasteiger partial charge in [-0.15, -0.1) is 0 Å². The van der Waals surface area contributed by atoms with Gasteiger partial charge in [0.15, 0.2) is 5.76 Å². The molecule has 2 aromatic rings. The van der Waals surface area contributed by atoms with E-state index in [4.69, 9.17) is 14.5 Å². The minimum Gasteiger partial charge on any atom is -0.450 e. The highest BCUT2D eigenvalue weighted by Gasteiger charge is 2.22. The number of nitriles is 1. The largest absolute Gasteiger partial charge is 0.450 e. The van der Waals surface area contributed by atoms with Crippen molar-refractivity contribution < 1.29 is 14.1 Å². The molecule has 0 aliphatic carbocycles. The fourth-order valence-electron chi connectivity index (χ4n) is 2.80. The van der Waals surface area contributed by atoms with Crippen molar-refractivity contribution in [3.63, 3.8) is 0 Å². The van der Waals surface area contributed by atoms with E-state index in [1.54, 1.807) is 17.0 Å². The van der Waals surface area contributed by atoms with Crippen LogP contribution in [-0.4, -0.2) is 53.8 Å². The van der Waals surface area contributed by atoms with Gasteiger partial charge in [0.05, 0.1) is 23.9 Å². The highest BCUT2D eigenvalue weighted by atomic mass is 16.6. The third-order valence-corrected chi connectivity index (χ3v) is 4.12. The predicted octanol–water partition coefficient (Wildman–Crippen LogP) is 2.49. The number of hydrogen-bond acceptors (Lipinski definition) is 6. The van der Waals surface area contributed by atoms with Crippen LogP contribution in [0.4, 0.5) is 4.79 Å². The van der Waals surface area contributed by atoms with E-state index in [1.807, 2.05) is 25.1 Å². The van der Waals surface area contributed by atoms with E-state index in [2.05, 4.69) is 16.1 Å². The maximum atomic E-state index is 11.7. The van der Waals surface area contributed by atoms with Gasteiger partial charge in [-0.25, -0.2) is 4.79 Å². The van der Waals surface area contributed by atoms with Crippen molar-refractivity contribution in [1.29, 1.82) is 5.26 Å². The number of carbonyl (C=O) groups is 1. The first-order chi connectivity index (χ1) is 12.2. The van der Waals surface area contributed by atoms with Crippen molar-refractivity contribution in [2.75, 3.05) is 32.8 Å². The number of piperazine rings is 1. The number of rotatable bonds is 4. The van der Waals surface area contributed by atoms with Gasteiger partial charge in [-0.3, -0.25) is 4.90 Å². The fourth-order valence-corrected chi connectivity index (χ4v) is 2.80. The maximum absolute atomic E-state index is 11.7. The van der Waals surface area contributed by atoms with Gasteiger partial charge in [0.2, 0.25) is 0 Å². The summed E-state index contributed by atoms with van der Waals surface area (Å²) in [5.74, 6) is 0.650. The van der Waals surface area contributed by atoms with E-state index in [0.29, 0.717) is 37.6 Å². The molecule has 7 nitrogen and oxygen atoms in total. The third-order valence-electron chi connectivity index (χ3n) is 4.12. The van der Waals surface area contributed by atoms with Crippen LogP contribution in [0.5, 0.6) is 0 Å². The predicted molar refractivity (Wildman–Crippen MR) is 90.5 cm³/mol. The van der Waals surface area contributed by atoms with E-state index < -0.39 is 0 Å². The zero-order valence-electron chi connectivity index (χ0n) is 14.1. The summed E-state index contributed by atoms with van der Waals surface area (Å²) in [6.45, 7) is 5.70. The Balaban J connectivity index is 1.57. The molecule has 0 bridgehead atoms. The Kier molecular flexibility index (Phi) is 5.31. The molecule has 1 amide bonds. The highest BCUT2D eigenvalue weighted by Crippen LogP contribution is 2.22. The summed E-state index contributed by atoms with van der Waals surface area (Å²) in [4.78, 5) is 15.7. The Labute approximate surface area is 146 Å². The van der Waals surface area contributed by atoms with E-state index in [9.17, 15) is 4.79 Å². The molecule has 1 aliphatic rings. The molecule has 1 aliphatic heterocycles. The van der Waals surface area contributed by atoms with E-state index in [-0.39, 0.29) is 6.09 Å². The molecule has 0 saturated carbocycles. The molecule has 1 saturated heterocycles. The van der Waals surface area contributed by atoms with Crippen LogP contribution in [0.1, 0.15) is 18.2 Å². The summed E-state index contributed by atoms with van der Waals surface area (Å²) in [5, 5.41) is 13.1. The van der Waals surface area contributed by atoms with Crippen molar-refractivity contribution in [2.24, 2.45) is 0 Å². The lowest BCUT2D eigenvalue weighted by atomic mass is 10.1. The minimum atomic E-state index is -0.247. The molecule has 0 unspecified atom stereocenters. The quantitative estimate of drug-likeness (QED) is 0.850. The molecule has 25 heavy (non-hydrogen) atoms. The van der Waals surface area contributed by atoms with Crippen LogP contribution in [0.25, 0.3) is 11.3 Å². The molecule has 130 valence electrons. The van der Waals surface area contributed by atoms with Crippen LogP contribution in [0.2, 0.25) is 0 Å². The number of nitrogens with zero attached hydrogens (tertiary/aromatic N) is 4. The normalized spacial score (nSPS) is 15.0. The molecule has 1 aromatic carbocycles. The molecule has 1 fully saturated rings. The summed E-state index contributed by atoms with van der Waals surface area (Å²) in [6.07, 6.45) is -0.247. The van der Waals surface area contributed by atoms with E-state index >= 15 is 0 Å². The first kappa shape index (κ1) is 17.0. The summed E-state index contributed by atoms with van der Waals surface area (Å²) >= 11 is 0. The smallest absolute Gasteiger partial charge is 0.409 e. The zero-order valence-corrected chi connectivity index (χ0v) is 14.1. The zero-order chi connectivity index (χ0) is 17.6. The minimum absolute atomic E-state index is 0.247. The lowest BCUT2D eigenvalue weighted by molar-refractivity contribution is 0.0772. The summed E-state index contributed by atoms with van der Waals surface area (Å²) in [7, 11) is 0. The number of benzene rings is 1. The molecule has 2 heterocycles. The van der Waals surface area contributed by atoms with Gasteiger partial charge in [0.25, 0.3) is 0 Å². The van der Waals surface area contributed by atoms with Gasteiger partial charge < -0.3 is 14.2 Å². The second-order valence-electron chi connectivity index (χ2n) is 5.84. The van der Waals surface area contributed by atoms with E-state index in [0.717, 1.165) is 24.3 Å². The Bertz CT molecular complexity index is 773. The average molecular weight is 340 g/mol. The summed E-state index contributed by atoms with van der Waals surface area (Å²) in [5.41, 5.74) is 2.26. The number of ether oxygens (including phenoxy) is 1. The summed E-state index contributed by atoms with van der Waals surface area (Å²) in [6, 6.07) is 11.3. The SMILES string of the molecule is CCOC(=O)N1CCN(Cc2cc(-c3cccc(C#N)c3)on2)CC1. The summed E-state index contributed by atoms with van der Waals surface area (Å²) < 4.78 is 10.4. The van der Waals surface area contributed by atoms with Gasteiger partial charge >= 0.3 is 6.09 Å². The van der Waals surface area contributed by atoms with Crippen LogP contribution in [0, 0.1) is 11.3 Å². The number of aromatic nitrogens is 1. The average Bonchev–Trinajstić information content (AvgIpc) is 3.11. The lowest BCUT2D eigenvalue weighted by Crippen LogP contribution is -2.48. The van der Waals surface area contributed by atoms with Crippen molar-refractivity contribution in [1.82, 2.24) is 15.0 Å². The van der Waals surface area contributed by atoms with Gasteiger partial charge in [-0.05, 0) is 19.1 Å². The van der Waals surface area contributed by atoms with Gasteiger partial charge in [0.1, 0.15) is 0 Å². The van der Waals surface area contributed by atoms with Crippen LogP contribution in [0.3, 0.4) is 0 Å². The molecule has 0 N–H and O–H groups in total. The van der Waals surface area contributed by atoms with Gasteiger partial charge in [-0.1, -0.05) is 17.3 Å². The molecule has 1 aromatic heterocycles. The molecule has 3 rings (SSSR count). The Hall–Kier alpha value is -2.85. The number of hydrogen-bond donors (Lipinski definition) is 0. The van der Waals surface area contributed by atoms with Crippen LogP contribution < -0.4 is 0 Å². The van der Waals surface area contributed by atoms with Crippen molar-refractivity contribution in [2.45, 2.75) is 13.5 Å². The van der Waals surface area contributed by atoms with Crippen LogP contribution >= 0.6 is 0 Å². The van der Waals surface area contributed by atoms with E-state index in [1.165, 1.54) is 0 Å². The first-order valence-electron chi connectivity index (χ1n) is 8.29. The van der Waals surface area contributed by atoms with Crippen LogP contribution in [-0.2, 0) is 11.3 Å². The lowest BCUT2D eigenvalue weighted by Gasteiger charge is -2.33. The Morgan fingerprint density at radius 2 is 2.12 bits per heavy atom. The Morgan fingerprint density at radius 1 is 1.32 bits per heavy atom. The highest BCUT2D eigenvalue weighted by molar-refractivity contribution is 5.67. The topological polar surface area (TPSA) is 82.6 Å². The number of amides is 1. The van der Waals surface area contributed by atoms with Crippen molar-refractivity contribution in [3.8, 4) is 17.4 Å². The second-order valence-corrected chi connectivity index (χ2v) is 5.84. The molecular formula is C18H20N4O3. The molecular weight excluding hydrogens is 320 g/mol. The molecule has 7 heteroatoms. The van der Waals surface area contributed by atoms with Gasteiger partial charge in [0, 0.05) is 44.4 Å². The monoisotopic (exact) mass is 340 g/mol. The van der Waals surface area contributed by atoms with Gasteiger partial charge in [-0.2, -0.15) is 5.26 Å². The van der Waals surface area contributed by atoms with Crippen molar-refractivity contribution >= 4 is 6.09 Å². The second kappa shape index (κ2) is 7.81. The first-order valence-corrected chi connectivity index (χ1v) is 8.29. The standard InChI is InChI=1S/C18H20N4O3/c1-2-24-18(23)22-8-6-21(7-9-22)13-16-11-17(25-20-16)15-5-3-4-14(10-15)12-19/h3-5,10-11H,2,6-9,13H2,1H3. The van der Waals surface area contributed by atoms with Crippen molar-refractivity contribution in [3.05, 3.63) is 41.6 Å². The molecule has 0 atom stereocenters. The maximum Gasteiger partial charge on any atom is 0.409 e. The molecule has 0 spiro atoms.